The predicted octanol–water partition coefficient (Wildman–Crippen LogP) is 2.87. The first-order valence-corrected chi connectivity index (χ1v) is 11.6. The number of hydrogen-bond acceptors (Lipinski definition) is 5. The van der Waals surface area contributed by atoms with E-state index in [2.05, 4.69) is 5.32 Å². The highest BCUT2D eigenvalue weighted by Gasteiger charge is 2.26. The van der Waals surface area contributed by atoms with Crippen LogP contribution in [0.4, 0.5) is 0 Å². The van der Waals surface area contributed by atoms with Gasteiger partial charge in [0.2, 0.25) is 10.0 Å². The minimum atomic E-state index is -3.42. The van der Waals surface area contributed by atoms with E-state index in [0.29, 0.717) is 42.3 Å². The Bertz CT molecular complexity index is 1030. The fourth-order valence-corrected chi connectivity index (χ4v) is 5.05. The van der Waals surface area contributed by atoms with Crippen LogP contribution in [0.25, 0.3) is 0 Å². The van der Waals surface area contributed by atoms with Gasteiger partial charge in [0.15, 0.2) is 0 Å². The molecule has 0 saturated carbocycles. The first-order chi connectivity index (χ1) is 14.3. The fraction of sp³-hybridized carbons (Fsp3) is 0.381. The molecule has 0 aliphatic carbocycles. The van der Waals surface area contributed by atoms with E-state index in [9.17, 15) is 13.2 Å². The number of methoxy groups -OCH3 is 2. The van der Waals surface area contributed by atoms with E-state index in [4.69, 9.17) is 21.1 Å². The standard InChI is InChI=1S/C21H25ClN2O5S/c1-28-18-6-4-16-14-24(10-8-15(16)12-18)30(26,27)11-3-9-23-21(25)19-13-17(22)5-7-20(19)29-2/h4-7,12-13H,3,8-11,14H2,1-2H3,(H,23,25). The minimum absolute atomic E-state index is 0.0363. The van der Waals surface area contributed by atoms with E-state index in [-0.39, 0.29) is 18.2 Å². The van der Waals surface area contributed by atoms with Gasteiger partial charge in [-0.1, -0.05) is 17.7 Å². The average molecular weight is 453 g/mol. The number of hydrogen-bond donors (Lipinski definition) is 1. The van der Waals surface area contributed by atoms with Crippen molar-refractivity contribution in [2.75, 3.05) is 33.1 Å². The van der Waals surface area contributed by atoms with Crippen molar-refractivity contribution in [3.63, 3.8) is 0 Å². The van der Waals surface area contributed by atoms with Gasteiger partial charge >= 0.3 is 0 Å². The van der Waals surface area contributed by atoms with Crippen LogP contribution in [0.3, 0.4) is 0 Å². The van der Waals surface area contributed by atoms with E-state index in [1.165, 1.54) is 17.5 Å². The van der Waals surface area contributed by atoms with Gasteiger partial charge < -0.3 is 14.8 Å². The third-order valence-electron chi connectivity index (χ3n) is 5.05. The molecule has 0 fully saturated rings. The number of nitrogens with zero attached hydrogens (tertiary/aromatic N) is 1. The summed E-state index contributed by atoms with van der Waals surface area (Å²) in [6.07, 6.45) is 0.958. The lowest BCUT2D eigenvalue weighted by Crippen LogP contribution is -2.38. The summed E-state index contributed by atoms with van der Waals surface area (Å²) in [4.78, 5) is 12.4. The summed E-state index contributed by atoms with van der Waals surface area (Å²) in [7, 11) is -0.334. The molecule has 0 bridgehead atoms. The Morgan fingerprint density at radius 1 is 1.13 bits per heavy atom. The second-order valence-corrected chi connectivity index (χ2v) is 9.51. The van der Waals surface area contributed by atoms with Crippen LogP contribution in [0.5, 0.6) is 11.5 Å². The Kier molecular flexibility index (Phi) is 7.23. The molecule has 162 valence electrons. The number of amides is 1. The van der Waals surface area contributed by atoms with Crippen LogP contribution in [0.15, 0.2) is 36.4 Å². The van der Waals surface area contributed by atoms with Crippen LogP contribution < -0.4 is 14.8 Å². The Balaban J connectivity index is 1.53. The molecular formula is C21H25ClN2O5S. The second-order valence-electron chi connectivity index (χ2n) is 6.99. The number of nitrogens with one attached hydrogen (secondary N) is 1. The van der Waals surface area contributed by atoms with E-state index >= 15 is 0 Å². The molecule has 1 amide bonds. The largest absolute Gasteiger partial charge is 0.497 e. The maximum atomic E-state index is 12.7. The Morgan fingerprint density at radius 2 is 1.93 bits per heavy atom. The monoisotopic (exact) mass is 452 g/mol. The summed E-state index contributed by atoms with van der Waals surface area (Å²) in [5.74, 6) is 0.795. The van der Waals surface area contributed by atoms with Gasteiger partial charge in [-0.25, -0.2) is 8.42 Å². The lowest BCUT2D eigenvalue weighted by atomic mass is 10.0. The lowest BCUT2D eigenvalue weighted by molar-refractivity contribution is 0.0950. The minimum Gasteiger partial charge on any atom is -0.497 e. The molecule has 2 aromatic rings. The van der Waals surface area contributed by atoms with Gasteiger partial charge in [-0.15, -0.1) is 0 Å². The van der Waals surface area contributed by atoms with Crippen LogP contribution in [-0.2, 0) is 23.0 Å². The van der Waals surface area contributed by atoms with Crippen LogP contribution in [-0.4, -0.2) is 51.7 Å². The second kappa shape index (κ2) is 9.68. The summed E-state index contributed by atoms with van der Waals surface area (Å²) in [6.45, 7) is 1.03. The molecule has 1 heterocycles. The Labute approximate surface area is 182 Å². The maximum Gasteiger partial charge on any atom is 0.255 e. The van der Waals surface area contributed by atoms with Gasteiger partial charge in [-0.3, -0.25) is 4.79 Å². The van der Waals surface area contributed by atoms with Gasteiger partial charge in [0, 0.05) is 24.7 Å². The molecule has 1 N–H and O–H groups in total. The van der Waals surface area contributed by atoms with Gasteiger partial charge in [0.1, 0.15) is 11.5 Å². The zero-order valence-electron chi connectivity index (χ0n) is 17.0. The molecule has 9 heteroatoms. The zero-order valence-corrected chi connectivity index (χ0v) is 18.6. The molecule has 30 heavy (non-hydrogen) atoms. The van der Waals surface area contributed by atoms with E-state index in [1.54, 1.807) is 19.2 Å². The van der Waals surface area contributed by atoms with Crippen molar-refractivity contribution in [2.24, 2.45) is 0 Å². The summed E-state index contributed by atoms with van der Waals surface area (Å²) in [6, 6.07) is 10.5. The third-order valence-corrected chi connectivity index (χ3v) is 7.19. The number of benzene rings is 2. The van der Waals surface area contributed by atoms with Crippen molar-refractivity contribution >= 4 is 27.5 Å². The third kappa shape index (κ3) is 5.24. The topological polar surface area (TPSA) is 84.9 Å². The molecule has 1 aliphatic rings. The van der Waals surface area contributed by atoms with Crippen molar-refractivity contribution in [1.29, 1.82) is 0 Å². The highest BCUT2D eigenvalue weighted by Crippen LogP contribution is 2.25. The summed E-state index contributed by atoms with van der Waals surface area (Å²) in [5.41, 5.74) is 2.42. The number of rotatable bonds is 8. The van der Waals surface area contributed by atoms with Crippen LogP contribution in [0.2, 0.25) is 5.02 Å². The lowest BCUT2D eigenvalue weighted by Gasteiger charge is -2.28. The van der Waals surface area contributed by atoms with Crippen molar-refractivity contribution in [3.8, 4) is 11.5 Å². The van der Waals surface area contributed by atoms with E-state index in [1.807, 2.05) is 18.2 Å². The molecule has 0 saturated heterocycles. The summed E-state index contributed by atoms with van der Waals surface area (Å²) in [5, 5.41) is 3.15. The smallest absolute Gasteiger partial charge is 0.255 e. The number of sulfonamides is 1. The highest BCUT2D eigenvalue weighted by atomic mass is 35.5. The number of carbonyl (C=O) groups excluding carboxylic acids is 1. The molecular weight excluding hydrogens is 428 g/mol. The predicted molar refractivity (Wildman–Crippen MR) is 116 cm³/mol. The molecule has 3 rings (SSSR count). The molecule has 0 atom stereocenters. The van der Waals surface area contributed by atoms with E-state index in [0.717, 1.165) is 16.9 Å². The number of halogens is 1. The van der Waals surface area contributed by atoms with Crippen LogP contribution in [0, 0.1) is 0 Å². The van der Waals surface area contributed by atoms with Gasteiger partial charge in [-0.05, 0) is 54.3 Å². The number of carbonyl (C=O) groups is 1. The molecule has 7 nitrogen and oxygen atoms in total. The Hall–Kier alpha value is -2.29. The molecule has 0 aromatic heterocycles. The van der Waals surface area contributed by atoms with Crippen LogP contribution in [0.1, 0.15) is 27.9 Å². The molecule has 0 unspecified atom stereocenters. The van der Waals surface area contributed by atoms with Crippen molar-refractivity contribution in [3.05, 3.63) is 58.1 Å². The number of ether oxygens (including phenoxy) is 2. The van der Waals surface area contributed by atoms with Gasteiger partial charge in [0.05, 0.1) is 25.5 Å². The normalized spacial score (nSPS) is 14.1. The average Bonchev–Trinajstić information content (AvgIpc) is 2.75. The molecule has 2 aromatic carbocycles. The maximum absolute atomic E-state index is 12.7. The van der Waals surface area contributed by atoms with E-state index < -0.39 is 10.0 Å². The van der Waals surface area contributed by atoms with Crippen molar-refractivity contribution in [2.45, 2.75) is 19.4 Å². The quantitative estimate of drug-likeness (QED) is 0.622. The van der Waals surface area contributed by atoms with Crippen molar-refractivity contribution in [1.82, 2.24) is 9.62 Å². The van der Waals surface area contributed by atoms with Gasteiger partial charge in [-0.2, -0.15) is 4.31 Å². The zero-order chi connectivity index (χ0) is 21.7. The molecule has 0 radical (unpaired) electrons. The first-order valence-electron chi connectivity index (χ1n) is 9.59. The van der Waals surface area contributed by atoms with Crippen LogP contribution >= 0.6 is 11.6 Å². The molecule has 0 spiro atoms. The summed E-state index contributed by atoms with van der Waals surface area (Å²) < 4.78 is 37.4. The van der Waals surface area contributed by atoms with Gasteiger partial charge in [0.25, 0.3) is 5.91 Å². The highest BCUT2D eigenvalue weighted by molar-refractivity contribution is 7.89. The summed E-state index contributed by atoms with van der Waals surface area (Å²) >= 11 is 5.95. The number of fused-ring (bicyclic) bond motifs is 1. The van der Waals surface area contributed by atoms with Crippen molar-refractivity contribution < 1.29 is 22.7 Å². The SMILES string of the molecule is COc1ccc2c(c1)CCN(S(=O)(=O)CCCNC(=O)c1cc(Cl)ccc1OC)C2. The molecule has 1 aliphatic heterocycles. The first kappa shape index (κ1) is 22.4. The fourth-order valence-electron chi connectivity index (χ4n) is 3.41. The Morgan fingerprint density at radius 3 is 2.67 bits per heavy atom.